The predicted molar refractivity (Wildman–Crippen MR) is 74.7 cm³/mol. The Morgan fingerprint density at radius 2 is 1.47 bits per heavy atom. The summed E-state index contributed by atoms with van der Waals surface area (Å²) in [5.74, 6) is -0.537. The third-order valence-electron chi connectivity index (χ3n) is 3.27. The van der Waals surface area contributed by atoms with Gasteiger partial charge in [0.05, 0.1) is 5.38 Å². The van der Waals surface area contributed by atoms with Crippen molar-refractivity contribution < 1.29 is 8.78 Å². The number of rotatable bonds is 2. The highest BCUT2D eigenvalue weighted by Gasteiger charge is 2.16. The van der Waals surface area contributed by atoms with E-state index in [4.69, 9.17) is 11.6 Å². The summed E-state index contributed by atoms with van der Waals surface area (Å²) in [5, 5.41) is -0.478. The highest BCUT2D eigenvalue weighted by molar-refractivity contribution is 6.22. The lowest BCUT2D eigenvalue weighted by molar-refractivity contribution is 0.608. The van der Waals surface area contributed by atoms with Crippen molar-refractivity contribution >= 4 is 11.6 Å². The van der Waals surface area contributed by atoms with Gasteiger partial charge in [-0.05, 0) is 60.7 Å². The highest BCUT2D eigenvalue weighted by atomic mass is 35.5. The van der Waals surface area contributed by atoms with Crippen molar-refractivity contribution in [3.63, 3.8) is 0 Å². The zero-order valence-electron chi connectivity index (χ0n) is 11.1. The monoisotopic (exact) mass is 280 g/mol. The molecule has 0 saturated heterocycles. The molecule has 0 nitrogen and oxygen atoms in total. The summed E-state index contributed by atoms with van der Waals surface area (Å²) in [6.45, 7) is 5.29. The average Bonchev–Trinajstić information content (AvgIpc) is 2.37. The number of halogens is 3. The predicted octanol–water partition coefficient (Wildman–Crippen LogP) is 5.22. The molecule has 2 rings (SSSR count). The molecule has 0 bridgehead atoms. The minimum absolute atomic E-state index is 0.219. The quantitative estimate of drug-likeness (QED) is 0.662. The molecule has 0 aliphatic heterocycles. The van der Waals surface area contributed by atoms with Crippen molar-refractivity contribution in [3.8, 4) is 0 Å². The first kappa shape index (κ1) is 14.0. The Bertz CT molecular complexity index is 597. The number of aryl methyl sites for hydroxylation is 3. The van der Waals surface area contributed by atoms with Crippen molar-refractivity contribution in [2.75, 3.05) is 0 Å². The smallest absolute Gasteiger partial charge is 0.129 e. The number of hydrogen-bond donors (Lipinski definition) is 0. The Labute approximate surface area is 117 Å². The largest absolute Gasteiger partial charge is 0.207 e. The molecular formula is C16H15ClF2. The Kier molecular flexibility index (Phi) is 3.91. The molecule has 0 radical (unpaired) electrons. The number of hydrogen-bond acceptors (Lipinski definition) is 0. The summed E-state index contributed by atoms with van der Waals surface area (Å²) in [5.41, 5.74) is 3.52. The molecule has 19 heavy (non-hydrogen) atoms. The molecule has 1 atom stereocenters. The van der Waals surface area contributed by atoms with Gasteiger partial charge >= 0.3 is 0 Å². The summed E-state index contributed by atoms with van der Waals surface area (Å²) in [4.78, 5) is 0. The second kappa shape index (κ2) is 5.30. The maximum absolute atomic E-state index is 13.6. The summed E-state index contributed by atoms with van der Waals surface area (Å²) in [6.07, 6.45) is 0. The second-order valence-corrected chi connectivity index (χ2v) is 5.27. The van der Waals surface area contributed by atoms with E-state index >= 15 is 0 Å². The van der Waals surface area contributed by atoms with Crippen LogP contribution >= 0.6 is 11.6 Å². The third kappa shape index (κ3) is 2.79. The highest BCUT2D eigenvalue weighted by Crippen LogP contribution is 2.33. The van der Waals surface area contributed by atoms with Crippen LogP contribution in [0, 0.1) is 32.4 Å². The second-order valence-electron chi connectivity index (χ2n) is 4.83. The van der Waals surface area contributed by atoms with Crippen LogP contribution in [-0.4, -0.2) is 0 Å². The van der Waals surface area contributed by atoms with Crippen LogP contribution in [0.15, 0.2) is 30.3 Å². The van der Waals surface area contributed by atoms with Crippen LogP contribution in [0.5, 0.6) is 0 Å². The Morgan fingerprint density at radius 1 is 0.895 bits per heavy atom. The van der Waals surface area contributed by atoms with Gasteiger partial charge in [0.2, 0.25) is 0 Å². The minimum atomic E-state index is -0.478. The fourth-order valence-corrected chi connectivity index (χ4v) is 2.55. The van der Waals surface area contributed by atoms with Gasteiger partial charge in [0.1, 0.15) is 11.6 Å². The van der Waals surface area contributed by atoms with Crippen molar-refractivity contribution in [3.05, 3.63) is 69.8 Å². The normalized spacial score (nSPS) is 12.5. The molecule has 0 heterocycles. The molecule has 2 aromatic carbocycles. The van der Waals surface area contributed by atoms with E-state index in [1.807, 2.05) is 6.92 Å². The van der Waals surface area contributed by atoms with Crippen molar-refractivity contribution in [2.24, 2.45) is 0 Å². The Hall–Kier alpha value is -1.41. The zero-order chi connectivity index (χ0) is 14.2. The van der Waals surface area contributed by atoms with Gasteiger partial charge in [0, 0.05) is 0 Å². The molecule has 0 spiro atoms. The topological polar surface area (TPSA) is 0 Å². The standard InChI is InChI=1S/C16H15ClF2/c1-9-4-5-13(18)8-14(9)15(17)12-6-10(2)16(19)11(3)7-12/h4-8,15H,1-3H3. The first-order chi connectivity index (χ1) is 8.90. The van der Waals surface area contributed by atoms with Gasteiger partial charge in [0.25, 0.3) is 0 Å². The summed E-state index contributed by atoms with van der Waals surface area (Å²) < 4.78 is 26.9. The van der Waals surface area contributed by atoms with Gasteiger partial charge in [-0.1, -0.05) is 18.2 Å². The van der Waals surface area contributed by atoms with Crippen molar-refractivity contribution in [1.29, 1.82) is 0 Å². The molecule has 100 valence electrons. The Balaban J connectivity index is 2.49. The third-order valence-corrected chi connectivity index (χ3v) is 3.75. The first-order valence-electron chi connectivity index (χ1n) is 6.07. The van der Waals surface area contributed by atoms with E-state index in [9.17, 15) is 8.78 Å². The molecule has 0 N–H and O–H groups in total. The number of alkyl halides is 1. The van der Waals surface area contributed by atoms with Crippen LogP contribution in [0.1, 0.15) is 33.2 Å². The molecule has 1 unspecified atom stereocenters. The van der Waals surface area contributed by atoms with E-state index in [0.29, 0.717) is 16.7 Å². The molecule has 2 aromatic rings. The first-order valence-corrected chi connectivity index (χ1v) is 6.50. The SMILES string of the molecule is Cc1ccc(F)cc1C(Cl)c1cc(C)c(F)c(C)c1. The van der Waals surface area contributed by atoms with Gasteiger partial charge in [-0.3, -0.25) is 0 Å². The van der Waals surface area contributed by atoms with E-state index in [1.165, 1.54) is 12.1 Å². The fourth-order valence-electron chi connectivity index (χ4n) is 2.19. The average molecular weight is 281 g/mol. The van der Waals surface area contributed by atoms with Gasteiger partial charge < -0.3 is 0 Å². The van der Waals surface area contributed by atoms with Gasteiger partial charge in [-0.15, -0.1) is 11.6 Å². The summed E-state index contributed by atoms with van der Waals surface area (Å²) in [6, 6.07) is 7.96. The lowest BCUT2D eigenvalue weighted by Crippen LogP contribution is -2.00. The summed E-state index contributed by atoms with van der Waals surface area (Å²) in [7, 11) is 0. The number of benzene rings is 2. The van der Waals surface area contributed by atoms with E-state index < -0.39 is 5.38 Å². The molecule has 0 aliphatic carbocycles. The Morgan fingerprint density at radius 3 is 2.05 bits per heavy atom. The van der Waals surface area contributed by atoms with Gasteiger partial charge in [-0.2, -0.15) is 0 Å². The van der Waals surface area contributed by atoms with E-state index in [0.717, 1.165) is 11.1 Å². The van der Waals surface area contributed by atoms with E-state index in [-0.39, 0.29) is 11.6 Å². The lowest BCUT2D eigenvalue weighted by Gasteiger charge is -2.15. The fraction of sp³-hybridized carbons (Fsp3) is 0.250. The summed E-state index contributed by atoms with van der Waals surface area (Å²) >= 11 is 6.42. The van der Waals surface area contributed by atoms with E-state index in [1.54, 1.807) is 32.0 Å². The van der Waals surface area contributed by atoms with Crippen LogP contribution < -0.4 is 0 Å². The van der Waals surface area contributed by atoms with Gasteiger partial charge in [-0.25, -0.2) is 8.78 Å². The molecular weight excluding hydrogens is 266 g/mol. The maximum atomic E-state index is 13.6. The molecule has 0 amide bonds. The molecule has 0 aliphatic rings. The zero-order valence-corrected chi connectivity index (χ0v) is 11.9. The minimum Gasteiger partial charge on any atom is -0.207 e. The molecule has 0 saturated carbocycles. The maximum Gasteiger partial charge on any atom is 0.129 e. The van der Waals surface area contributed by atoms with Crippen molar-refractivity contribution in [2.45, 2.75) is 26.1 Å². The van der Waals surface area contributed by atoms with E-state index in [2.05, 4.69) is 0 Å². The van der Waals surface area contributed by atoms with Crippen LogP contribution in [0.4, 0.5) is 8.78 Å². The van der Waals surface area contributed by atoms with Crippen molar-refractivity contribution in [1.82, 2.24) is 0 Å². The molecule has 3 heteroatoms. The van der Waals surface area contributed by atoms with Crippen LogP contribution in [0.3, 0.4) is 0 Å². The van der Waals surface area contributed by atoms with Crippen LogP contribution in [0.25, 0.3) is 0 Å². The molecule has 0 aromatic heterocycles. The lowest BCUT2D eigenvalue weighted by atomic mass is 9.97. The molecule has 0 fully saturated rings. The van der Waals surface area contributed by atoms with Crippen LogP contribution in [0.2, 0.25) is 0 Å². The van der Waals surface area contributed by atoms with Crippen LogP contribution in [-0.2, 0) is 0 Å². The van der Waals surface area contributed by atoms with Gasteiger partial charge in [0.15, 0.2) is 0 Å².